The molecule has 78 valence electrons. The van der Waals surface area contributed by atoms with Crippen LogP contribution in [0.25, 0.3) is 0 Å². The lowest BCUT2D eigenvalue weighted by molar-refractivity contribution is 0.202. The zero-order chi connectivity index (χ0) is 9.90. The molecule has 1 saturated heterocycles. The van der Waals surface area contributed by atoms with Gasteiger partial charge in [-0.05, 0) is 13.0 Å². The molecular formula is C7H16N2O3S. The second-order valence-corrected chi connectivity index (χ2v) is 4.78. The molecule has 5 nitrogen and oxygen atoms in total. The quantitative estimate of drug-likeness (QED) is 0.613. The average Bonchev–Trinajstić information content (AvgIpc) is 2.04. The molecule has 0 amide bonds. The first-order valence-corrected chi connectivity index (χ1v) is 5.97. The molecule has 1 aliphatic rings. The van der Waals surface area contributed by atoms with Gasteiger partial charge in [-0.25, -0.2) is 0 Å². The van der Waals surface area contributed by atoms with E-state index in [1.165, 1.54) is 0 Å². The molecule has 13 heavy (non-hydrogen) atoms. The number of piperazine rings is 1. The molecule has 1 fully saturated rings. The minimum absolute atomic E-state index is 0.318. The maximum atomic E-state index is 10.9. The van der Waals surface area contributed by atoms with Crippen molar-refractivity contribution in [3.8, 4) is 0 Å². The van der Waals surface area contributed by atoms with E-state index in [1.54, 1.807) is 4.90 Å². The van der Waals surface area contributed by atoms with Crippen LogP contribution in [-0.2, 0) is 10.1 Å². The first-order valence-electron chi connectivity index (χ1n) is 4.46. The van der Waals surface area contributed by atoms with Crippen molar-refractivity contribution < 1.29 is 13.0 Å². The van der Waals surface area contributed by atoms with Crippen LogP contribution in [0.4, 0.5) is 0 Å². The van der Waals surface area contributed by atoms with Crippen LogP contribution in [-0.4, -0.2) is 49.4 Å². The zero-order valence-corrected chi connectivity index (χ0v) is 8.55. The molecule has 0 aliphatic carbocycles. The Balaban J connectivity index is 2.67. The van der Waals surface area contributed by atoms with Crippen molar-refractivity contribution in [3.63, 3.8) is 0 Å². The van der Waals surface area contributed by atoms with Crippen molar-refractivity contribution in [2.75, 3.05) is 26.2 Å². The molecule has 0 saturated carbocycles. The van der Waals surface area contributed by atoms with Crippen molar-refractivity contribution >= 4 is 10.1 Å². The van der Waals surface area contributed by atoms with E-state index in [9.17, 15) is 8.42 Å². The van der Waals surface area contributed by atoms with Gasteiger partial charge < -0.3 is 5.32 Å². The van der Waals surface area contributed by atoms with Gasteiger partial charge in [0.1, 0.15) is 0 Å². The molecular weight excluding hydrogens is 192 g/mol. The number of nitrogens with one attached hydrogen (secondary N) is 1. The van der Waals surface area contributed by atoms with Crippen LogP contribution in [0.3, 0.4) is 0 Å². The minimum atomic E-state index is -3.93. The molecule has 1 aliphatic heterocycles. The summed E-state index contributed by atoms with van der Waals surface area (Å²) in [4.78, 5) is 1.80. The average molecular weight is 208 g/mol. The SMILES string of the molecule is CCCN1CCNCC1S(=O)(=O)O. The summed E-state index contributed by atoms with van der Waals surface area (Å²) in [7, 11) is -3.93. The van der Waals surface area contributed by atoms with E-state index >= 15 is 0 Å². The highest BCUT2D eigenvalue weighted by atomic mass is 32.2. The van der Waals surface area contributed by atoms with Crippen molar-refractivity contribution in [2.24, 2.45) is 0 Å². The van der Waals surface area contributed by atoms with Gasteiger partial charge in [-0.1, -0.05) is 6.92 Å². The molecule has 6 heteroatoms. The molecule has 0 aromatic rings. The van der Waals surface area contributed by atoms with Crippen molar-refractivity contribution in [1.82, 2.24) is 10.2 Å². The molecule has 1 atom stereocenters. The Morgan fingerprint density at radius 1 is 1.62 bits per heavy atom. The zero-order valence-electron chi connectivity index (χ0n) is 7.73. The van der Waals surface area contributed by atoms with Crippen LogP contribution < -0.4 is 5.32 Å². The summed E-state index contributed by atoms with van der Waals surface area (Å²) < 4.78 is 30.8. The van der Waals surface area contributed by atoms with Crippen LogP contribution in [0.2, 0.25) is 0 Å². The van der Waals surface area contributed by atoms with E-state index in [0.29, 0.717) is 19.6 Å². The van der Waals surface area contributed by atoms with Gasteiger partial charge in [0.05, 0.1) is 0 Å². The second kappa shape index (κ2) is 4.36. The third-order valence-corrected chi connectivity index (χ3v) is 3.31. The molecule has 2 N–H and O–H groups in total. The third kappa shape index (κ3) is 2.91. The Bertz CT molecular complexity index is 250. The monoisotopic (exact) mass is 208 g/mol. The molecule has 1 unspecified atom stereocenters. The Hall–Kier alpha value is -0.170. The normalized spacial score (nSPS) is 26.2. The van der Waals surface area contributed by atoms with Gasteiger partial charge in [-0.15, -0.1) is 0 Å². The lowest BCUT2D eigenvalue weighted by Crippen LogP contribution is -2.54. The summed E-state index contributed by atoms with van der Waals surface area (Å²) >= 11 is 0. The summed E-state index contributed by atoms with van der Waals surface area (Å²) in [5, 5.41) is 2.19. The largest absolute Gasteiger partial charge is 0.313 e. The predicted molar refractivity (Wildman–Crippen MR) is 50.1 cm³/mol. The molecule has 0 aromatic carbocycles. The summed E-state index contributed by atoms with van der Waals surface area (Å²) in [6, 6.07) is 0. The van der Waals surface area contributed by atoms with Crippen LogP contribution >= 0.6 is 0 Å². The molecule has 0 bridgehead atoms. The van der Waals surface area contributed by atoms with Crippen LogP contribution in [0.1, 0.15) is 13.3 Å². The van der Waals surface area contributed by atoms with Crippen LogP contribution in [0.5, 0.6) is 0 Å². The van der Waals surface area contributed by atoms with E-state index in [2.05, 4.69) is 5.32 Å². The fourth-order valence-electron chi connectivity index (χ4n) is 1.56. The lowest BCUT2D eigenvalue weighted by Gasteiger charge is -2.33. The molecule has 1 rings (SSSR count). The summed E-state index contributed by atoms with van der Waals surface area (Å²) in [5.41, 5.74) is 0. The van der Waals surface area contributed by atoms with Gasteiger partial charge >= 0.3 is 0 Å². The summed E-state index contributed by atoms with van der Waals surface area (Å²) in [6.45, 7) is 4.48. The third-order valence-electron chi connectivity index (χ3n) is 2.16. The fraction of sp³-hybridized carbons (Fsp3) is 1.00. The Morgan fingerprint density at radius 2 is 2.31 bits per heavy atom. The smallest absolute Gasteiger partial charge is 0.282 e. The maximum absolute atomic E-state index is 10.9. The number of rotatable bonds is 3. The Labute approximate surface area is 78.9 Å². The standard InChI is InChI=1S/C7H16N2O3S/c1-2-4-9-5-3-8-6-7(9)13(10,11)12/h7-8H,2-6H2,1H3,(H,10,11,12). The number of hydrogen-bond donors (Lipinski definition) is 2. The fourth-order valence-corrected chi connectivity index (χ4v) is 2.47. The van der Waals surface area contributed by atoms with E-state index in [4.69, 9.17) is 4.55 Å². The summed E-state index contributed by atoms with van der Waals surface area (Å²) in [5.74, 6) is 0. The van der Waals surface area contributed by atoms with Gasteiger partial charge in [-0.3, -0.25) is 9.45 Å². The van der Waals surface area contributed by atoms with Gasteiger partial charge in [0.25, 0.3) is 10.1 Å². The number of nitrogens with zero attached hydrogens (tertiary/aromatic N) is 1. The molecule has 0 spiro atoms. The topological polar surface area (TPSA) is 69.6 Å². The van der Waals surface area contributed by atoms with Crippen molar-refractivity contribution in [2.45, 2.75) is 18.7 Å². The highest BCUT2D eigenvalue weighted by Crippen LogP contribution is 2.09. The summed E-state index contributed by atoms with van der Waals surface area (Å²) in [6.07, 6.45) is 0.895. The number of hydrogen-bond acceptors (Lipinski definition) is 4. The molecule has 0 radical (unpaired) electrons. The molecule has 0 aromatic heterocycles. The Morgan fingerprint density at radius 3 is 2.85 bits per heavy atom. The van der Waals surface area contributed by atoms with Crippen LogP contribution in [0.15, 0.2) is 0 Å². The van der Waals surface area contributed by atoms with E-state index in [1.807, 2.05) is 6.92 Å². The minimum Gasteiger partial charge on any atom is -0.313 e. The predicted octanol–water partition coefficient (Wildman–Crippen LogP) is -0.484. The van der Waals surface area contributed by atoms with Gasteiger partial charge in [0.15, 0.2) is 5.37 Å². The van der Waals surface area contributed by atoms with E-state index < -0.39 is 15.5 Å². The lowest BCUT2D eigenvalue weighted by atomic mass is 10.3. The first kappa shape index (κ1) is 10.9. The molecule has 1 heterocycles. The highest BCUT2D eigenvalue weighted by Gasteiger charge is 2.31. The van der Waals surface area contributed by atoms with E-state index in [-0.39, 0.29) is 0 Å². The van der Waals surface area contributed by atoms with Gasteiger partial charge in [0.2, 0.25) is 0 Å². The highest BCUT2D eigenvalue weighted by molar-refractivity contribution is 7.86. The van der Waals surface area contributed by atoms with Crippen molar-refractivity contribution in [3.05, 3.63) is 0 Å². The van der Waals surface area contributed by atoms with Crippen molar-refractivity contribution in [1.29, 1.82) is 0 Å². The second-order valence-electron chi connectivity index (χ2n) is 3.21. The Kier molecular flexibility index (Phi) is 3.66. The van der Waals surface area contributed by atoms with E-state index in [0.717, 1.165) is 13.0 Å². The van der Waals surface area contributed by atoms with Crippen LogP contribution in [0, 0.1) is 0 Å². The van der Waals surface area contributed by atoms with Gasteiger partial charge in [0, 0.05) is 19.6 Å². The first-order chi connectivity index (χ1) is 6.05. The maximum Gasteiger partial charge on any atom is 0.282 e. The van der Waals surface area contributed by atoms with Gasteiger partial charge in [-0.2, -0.15) is 8.42 Å².